The number of carbonyl (C=O) groups is 1. The summed E-state index contributed by atoms with van der Waals surface area (Å²) < 4.78 is 26.4. The maximum atomic E-state index is 13.4. The van der Waals surface area contributed by atoms with Crippen molar-refractivity contribution < 1.29 is 13.6 Å². The molecule has 1 aromatic rings. The minimum absolute atomic E-state index is 0.112. The molecule has 0 aromatic heterocycles. The zero-order valence-electron chi connectivity index (χ0n) is 15.3. The summed E-state index contributed by atoms with van der Waals surface area (Å²) >= 11 is 0. The number of hydrogen-bond acceptors (Lipinski definition) is 3. The predicted octanol–water partition coefficient (Wildman–Crippen LogP) is 2.57. The van der Waals surface area contributed by atoms with Crippen molar-refractivity contribution in [3.63, 3.8) is 0 Å². The molecule has 2 aliphatic rings. The third kappa shape index (κ3) is 4.84. The Kier molecular flexibility index (Phi) is 6.29. The normalized spacial score (nSPS) is 23.9. The van der Waals surface area contributed by atoms with Gasteiger partial charge in [-0.05, 0) is 50.4 Å². The van der Waals surface area contributed by atoms with Crippen LogP contribution in [0.3, 0.4) is 0 Å². The van der Waals surface area contributed by atoms with Crippen molar-refractivity contribution in [3.05, 3.63) is 29.8 Å². The predicted molar refractivity (Wildman–Crippen MR) is 98.3 cm³/mol. The van der Waals surface area contributed by atoms with Crippen LogP contribution in [0.25, 0.3) is 0 Å². The van der Waals surface area contributed by atoms with E-state index in [0.717, 1.165) is 58.1 Å². The molecule has 0 spiro atoms. The van der Waals surface area contributed by atoms with E-state index in [-0.39, 0.29) is 12.1 Å². The first-order valence-corrected chi connectivity index (χ1v) is 9.52. The van der Waals surface area contributed by atoms with Crippen LogP contribution in [-0.4, -0.2) is 56.2 Å². The Bertz CT molecular complexity index is 628. The highest BCUT2D eigenvalue weighted by Gasteiger charge is 2.25. The number of piperidine rings is 1. The monoisotopic (exact) mass is 366 g/mol. The molecule has 1 aromatic carbocycles. The summed E-state index contributed by atoms with van der Waals surface area (Å²) in [4.78, 5) is 16.5. The summed E-state index contributed by atoms with van der Waals surface area (Å²) in [6, 6.07) is 4.10. The zero-order chi connectivity index (χ0) is 18.5. The maximum Gasteiger partial charge on any atom is 0.315 e. The second-order valence-corrected chi connectivity index (χ2v) is 7.29. The molecule has 144 valence electrons. The molecular formula is C19H28F2N4O. The number of rotatable bonds is 5. The molecule has 2 saturated heterocycles. The van der Waals surface area contributed by atoms with Gasteiger partial charge in [-0.2, -0.15) is 0 Å². The topological polar surface area (TPSA) is 47.6 Å². The molecule has 2 aliphatic heterocycles. The van der Waals surface area contributed by atoms with Gasteiger partial charge in [-0.25, -0.2) is 13.6 Å². The molecule has 2 fully saturated rings. The highest BCUT2D eigenvalue weighted by Crippen LogP contribution is 2.25. The van der Waals surface area contributed by atoms with E-state index in [9.17, 15) is 13.6 Å². The fraction of sp³-hybridized carbons (Fsp3) is 0.632. The van der Waals surface area contributed by atoms with Gasteiger partial charge >= 0.3 is 6.03 Å². The number of hydrogen-bond donors (Lipinski definition) is 2. The van der Waals surface area contributed by atoms with Gasteiger partial charge in [0.1, 0.15) is 0 Å². The number of benzene rings is 1. The van der Waals surface area contributed by atoms with E-state index in [0.29, 0.717) is 18.2 Å². The molecule has 0 bridgehead atoms. The van der Waals surface area contributed by atoms with Crippen molar-refractivity contribution >= 4 is 11.7 Å². The summed E-state index contributed by atoms with van der Waals surface area (Å²) in [5.74, 6) is -1.34. The molecule has 26 heavy (non-hydrogen) atoms. The van der Waals surface area contributed by atoms with Crippen LogP contribution in [0.4, 0.5) is 19.3 Å². The van der Waals surface area contributed by atoms with Gasteiger partial charge in [0.2, 0.25) is 0 Å². The molecule has 0 saturated carbocycles. The van der Waals surface area contributed by atoms with Gasteiger partial charge < -0.3 is 20.4 Å². The average Bonchev–Trinajstić information content (AvgIpc) is 3.11. The first-order chi connectivity index (χ1) is 12.5. The lowest BCUT2D eigenvalue weighted by atomic mass is 10.1. The Labute approximate surface area is 153 Å². The lowest BCUT2D eigenvalue weighted by molar-refractivity contribution is 0.192. The summed E-state index contributed by atoms with van der Waals surface area (Å²) in [6.07, 6.45) is 3.06. The van der Waals surface area contributed by atoms with Crippen molar-refractivity contribution in [2.45, 2.75) is 32.2 Å². The Morgan fingerprint density at radius 1 is 1.19 bits per heavy atom. The highest BCUT2D eigenvalue weighted by atomic mass is 19.2. The van der Waals surface area contributed by atoms with Gasteiger partial charge in [0.05, 0.1) is 0 Å². The fourth-order valence-electron chi connectivity index (χ4n) is 3.85. The number of carbonyl (C=O) groups excluding carboxylic acids is 1. The van der Waals surface area contributed by atoms with E-state index in [4.69, 9.17) is 0 Å². The largest absolute Gasteiger partial charge is 0.371 e. The Balaban J connectivity index is 1.41. The number of urea groups is 1. The molecule has 2 N–H and O–H groups in total. The highest BCUT2D eigenvalue weighted by molar-refractivity contribution is 5.74. The third-order valence-corrected chi connectivity index (χ3v) is 5.39. The van der Waals surface area contributed by atoms with Gasteiger partial charge in [-0.1, -0.05) is 6.92 Å². The van der Waals surface area contributed by atoms with Crippen LogP contribution in [-0.2, 0) is 0 Å². The van der Waals surface area contributed by atoms with Crippen LogP contribution in [0.5, 0.6) is 0 Å². The van der Waals surface area contributed by atoms with Crippen molar-refractivity contribution in [1.82, 2.24) is 15.5 Å². The number of amides is 2. The molecule has 0 radical (unpaired) electrons. The van der Waals surface area contributed by atoms with E-state index >= 15 is 0 Å². The van der Waals surface area contributed by atoms with E-state index in [1.54, 1.807) is 6.07 Å². The number of nitrogens with one attached hydrogen (secondary N) is 2. The second-order valence-electron chi connectivity index (χ2n) is 7.29. The molecule has 0 unspecified atom stereocenters. The lowest BCUT2D eigenvalue weighted by Gasteiger charge is -2.32. The van der Waals surface area contributed by atoms with Crippen molar-refractivity contribution in [2.75, 3.05) is 44.2 Å². The van der Waals surface area contributed by atoms with Crippen LogP contribution in [0, 0.1) is 17.6 Å². The molecule has 2 heterocycles. The Hall–Kier alpha value is -1.89. The number of likely N-dealkylation sites (N-methyl/N-ethyl adjacent to an activating group) is 1. The number of likely N-dealkylation sites (tertiary alicyclic amines) is 1. The van der Waals surface area contributed by atoms with Crippen molar-refractivity contribution in [1.29, 1.82) is 0 Å². The standard InChI is InChI=1S/C19H28F2N4O/c1-2-24-8-3-4-15(13-24)23-19(26)22-11-14-7-9-25(12-14)16-5-6-17(20)18(21)10-16/h5-6,10,14-15H,2-4,7-9,11-13H2,1H3,(H2,22,23,26)/t14-,15-/m1/s1. The molecule has 3 rings (SSSR count). The summed E-state index contributed by atoms with van der Waals surface area (Å²) in [5, 5.41) is 6.04. The van der Waals surface area contributed by atoms with E-state index in [1.807, 2.05) is 4.90 Å². The van der Waals surface area contributed by atoms with Crippen LogP contribution < -0.4 is 15.5 Å². The van der Waals surface area contributed by atoms with Crippen molar-refractivity contribution in [2.24, 2.45) is 5.92 Å². The fourth-order valence-corrected chi connectivity index (χ4v) is 3.85. The molecule has 5 nitrogen and oxygen atoms in total. The third-order valence-electron chi connectivity index (χ3n) is 5.39. The first kappa shape index (κ1) is 18.9. The smallest absolute Gasteiger partial charge is 0.315 e. The van der Waals surface area contributed by atoms with Crippen LogP contribution >= 0.6 is 0 Å². The first-order valence-electron chi connectivity index (χ1n) is 9.52. The zero-order valence-corrected chi connectivity index (χ0v) is 15.3. The molecule has 7 heteroatoms. The Morgan fingerprint density at radius 2 is 2.04 bits per heavy atom. The Morgan fingerprint density at radius 3 is 2.81 bits per heavy atom. The van der Waals surface area contributed by atoms with Gasteiger partial charge in [-0.15, -0.1) is 0 Å². The molecule has 2 amide bonds. The van der Waals surface area contributed by atoms with Crippen LogP contribution in [0.1, 0.15) is 26.2 Å². The number of nitrogens with zero attached hydrogens (tertiary/aromatic N) is 2. The lowest BCUT2D eigenvalue weighted by Crippen LogP contribution is -2.51. The quantitative estimate of drug-likeness (QED) is 0.842. The minimum Gasteiger partial charge on any atom is -0.371 e. The number of anilines is 1. The summed E-state index contributed by atoms with van der Waals surface area (Å²) in [5.41, 5.74) is 0.692. The van der Waals surface area contributed by atoms with Crippen LogP contribution in [0.15, 0.2) is 18.2 Å². The minimum atomic E-state index is -0.827. The van der Waals surface area contributed by atoms with Gasteiger partial charge in [-0.3, -0.25) is 0 Å². The SMILES string of the molecule is CCN1CCC[C@@H](NC(=O)NC[C@H]2CCN(c3ccc(F)c(F)c3)C2)C1. The van der Waals surface area contributed by atoms with E-state index in [1.165, 1.54) is 6.07 Å². The second kappa shape index (κ2) is 8.66. The van der Waals surface area contributed by atoms with Crippen molar-refractivity contribution in [3.8, 4) is 0 Å². The van der Waals surface area contributed by atoms with Gasteiger partial charge in [0.25, 0.3) is 0 Å². The van der Waals surface area contributed by atoms with E-state index in [2.05, 4.69) is 22.5 Å². The average molecular weight is 366 g/mol. The summed E-state index contributed by atoms with van der Waals surface area (Å²) in [6.45, 7) is 7.29. The molecule has 0 aliphatic carbocycles. The summed E-state index contributed by atoms with van der Waals surface area (Å²) in [7, 11) is 0. The van der Waals surface area contributed by atoms with Crippen LogP contribution in [0.2, 0.25) is 0 Å². The number of halogens is 2. The van der Waals surface area contributed by atoms with E-state index < -0.39 is 11.6 Å². The molecule has 2 atom stereocenters. The molecular weight excluding hydrogens is 338 g/mol. The van der Waals surface area contributed by atoms with Gasteiger partial charge in [0.15, 0.2) is 11.6 Å². The maximum absolute atomic E-state index is 13.4. The van der Waals surface area contributed by atoms with Gasteiger partial charge in [0, 0.05) is 44.0 Å².